The summed E-state index contributed by atoms with van der Waals surface area (Å²) in [6.45, 7) is -0.536. The summed E-state index contributed by atoms with van der Waals surface area (Å²) in [5, 5.41) is 47.5. The minimum atomic E-state index is -1.51. The Hall–Kier alpha value is -1.38. The van der Waals surface area contributed by atoms with Crippen molar-refractivity contribution in [1.29, 1.82) is 0 Å². The van der Waals surface area contributed by atoms with Crippen LogP contribution in [0, 0.1) is 0 Å². The van der Waals surface area contributed by atoms with E-state index in [1.807, 2.05) is 0 Å². The lowest BCUT2D eigenvalue weighted by Crippen LogP contribution is -2.60. The quantitative estimate of drug-likeness (QED) is 0.457. The van der Waals surface area contributed by atoms with Gasteiger partial charge >= 0.3 is 0 Å². The highest BCUT2D eigenvalue weighted by Crippen LogP contribution is 2.29. The number of hydrogen-bond acceptors (Lipinski definition) is 7. The fourth-order valence-corrected chi connectivity index (χ4v) is 1.85. The molecule has 1 saturated heterocycles. The molecular weight excluding hydrogens is 256 g/mol. The number of hydrogen-bond donors (Lipinski definition) is 5. The Morgan fingerprint density at radius 2 is 1.74 bits per heavy atom. The summed E-state index contributed by atoms with van der Waals surface area (Å²) in [6.07, 6.45) is -6.80. The van der Waals surface area contributed by atoms with Gasteiger partial charge < -0.3 is 35.0 Å². The van der Waals surface area contributed by atoms with Crippen molar-refractivity contribution in [2.75, 3.05) is 6.61 Å². The van der Waals surface area contributed by atoms with Crippen LogP contribution in [0.3, 0.4) is 0 Å². The third kappa shape index (κ3) is 2.80. The molecule has 1 aromatic carbocycles. The predicted molar refractivity (Wildman–Crippen MR) is 62.5 cm³/mol. The maximum atomic E-state index is 9.75. The molecule has 106 valence electrons. The van der Waals surface area contributed by atoms with Crippen LogP contribution < -0.4 is 4.74 Å². The summed E-state index contributed by atoms with van der Waals surface area (Å²) in [5.74, 6) is -0.0914. The van der Waals surface area contributed by atoms with Crippen molar-refractivity contribution >= 4 is 0 Å². The average Bonchev–Trinajstić information content (AvgIpc) is 2.41. The van der Waals surface area contributed by atoms with Crippen molar-refractivity contribution in [2.24, 2.45) is 0 Å². The predicted octanol–water partition coefficient (Wildman–Crippen LogP) is -1.43. The number of aromatic hydroxyl groups is 1. The zero-order valence-electron chi connectivity index (χ0n) is 9.96. The standard InChI is InChI=1S/C12H16O7/c13-5-8-9(15)10(16)11(17)12(19-8)18-7-4-2-1-3-6(7)14/h1-4,8-17H,5H2/t8-,9-,10-,11-,12?/m1/s1. The van der Waals surface area contributed by atoms with Gasteiger partial charge in [-0.15, -0.1) is 0 Å². The smallest absolute Gasteiger partial charge is 0.229 e. The molecule has 1 fully saturated rings. The first-order valence-electron chi connectivity index (χ1n) is 5.79. The van der Waals surface area contributed by atoms with Gasteiger partial charge in [0.25, 0.3) is 0 Å². The largest absolute Gasteiger partial charge is 0.504 e. The Morgan fingerprint density at radius 3 is 2.37 bits per heavy atom. The minimum Gasteiger partial charge on any atom is -0.504 e. The molecule has 5 N–H and O–H groups in total. The maximum Gasteiger partial charge on any atom is 0.229 e. The maximum absolute atomic E-state index is 9.75. The topological polar surface area (TPSA) is 120 Å². The van der Waals surface area contributed by atoms with E-state index in [9.17, 15) is 20.4 Å². The monoisotopic (exact) mass is 272 g/mol. The molecule has 1 aliphatic heterocycles. The molecule has 0 aromatic heterocycles. The van der Waals surface area contributed by atoms with Crippen LogP contribution in [0.15, 0.2) is 24.3 Å². The van der Waals surface area contributed by atoms with E-state index in [2.05, 4.69) is 0 Å². The van der Waals surface area contributed by atoms with Gasteiger partial charge in [-0.25, -0.2) is 0 Å². The van der Waals surface area contributed by atoms with Crippen molar-refractivity contribution in [2.45, 2.75) is 30.7 Å². The van der Waals surface area contributed by atoms with Crippen LogP contribution in [-0.2, 0) is 4.74 Å². The molecule has 7 nitrogen and oxygen atoms in total. The molecule has 0 bridgehead atoms. The zero-order valence-corrected chi connectivity index (χ0v) is 9.96. The molecule has 1 unspecified atom stereocenters. The molecule has 19 heavy (non-hydrogen) atoms. The molecule has 0 saturated carbocycles. The van der Waals surface area contributed by atoms with E-state index in [0.717, 1.165) is 0 Å². The average molecular weight is 272 g/mol. The van der Waals surface area contributed by atoms with E-state index < -0.39 is 37.3 Å². The first-order valence-corrected chi connectivity index (χ1v) is 5.79. The number of benzene rings is 1. The Kier molecular flexibility index (Phi) is 4.23. The summed E-state index contributed by atoms with van der Waals surface area (Å²) in [5.41, 5.74) is 0. The van der Waals surface area contributed by atoms with Gasteiger partial charge in [-0.1, -0.05) is 12.1 Å². The summed E-state index contributed by atoms with van der Waals surface area (Å²) in [6, 6.07) is 6.05. The normalized spacial score (nSPS) is 35.1. The summed E-state index contributed by atoms with van der Waals surface area (Å²) in [7, 11) is 0. The van der Waals surface area contributed by atoms with Crippen molar-refractivity contribution in [3.05, 3.63) is 24.3 Å². The lowest BCUT2D eigenvalue weighted by atomic mass is 9.99. The van der Waals surface area contributed by atoms with Crippen LogP contribution in [0.5, 0.6) is 11.5 Å². The second-order valence-corrected chi connectivity index (χ2v) is 4.28. The lowest BCUT2D eigenvalue weighted by molar-refractivity contribution is -0.277. The van der Waals surface area contributed by atoms with Gasteiger partial charge in [0.05, 0.1) is 6.61 Å². The third-order valence-corrected chi connectivity index (χ3v) is 2.96. The second-order valence-electron chi connectivity index (χ2n) is 4.28. The number of rotatable bonds is 3. The first kappa shape index (κ1) is 14.0. The highest BCUT2D eigenvalue weighted by atomic mass is 16.7. The number of ether oxygens (including phenoxy) is 2. The SMILES string of the molecule is OC[C@H]1OC(Oc2ccccc2O)[C@H](O)[C@H](O)[C@@H]1O. The minimum absolute atomic E-state index is 0.0619. The highest BCUT2D eigenvalue weighted by molar-refractivity contribution is 5.38. The molecule has 1 heterocycles. The van der Waals surface area contributed by atoms with Gasteiger partial charge in [0, 0.05) is 0 Å². The first-order chi connectivity index (χ1) is 9.04. The van der Waals surface area contributed by atoms with E-state index in [4.69, 9.17) is 14.6 Å². The highest BCUT2D eigenvalue weighted by Gasteiger charge is 2.44. The fourth-order valence-electron chi connectivity index (χ4n) is 1.85. The molecule has 0 aliphatic carbocycles. The number of phenols is 1. The van der Waals surface area contributed by atoms with Gasteiger partial charge in [-0.2, -0.15) is 0 Å². The molecule has 5 atom stereocenters. The number of aliphatic hydroxyl groups excluding tert-OH is 4. The molecule has 1 aromatic rings. The van der Waals surface area contributed by atoms with Crippen LogP contribution in [0.1, 0.15) is 0 Å². The van der Waals surface area contributed by atoms with E-state index in [-0.39, 0.29) is 11.5 Å². The Bertz CT molecular complexity index is 422. The Balaban J connectivity index is 2.13. The molecule has 0 radical (unpaired) electrons. The summed E-state index contributed by atoms with van der Waals surface area (Å²) in [4.78, 5) is 0. The van der Waals surface area contributed by atoms with E-state index in [0.29, 0.717) is 0 Å². The summed E-state index contributed by atoms with van der Waals surface area (Å²) >= 11 is 0. The zero-order chi connectivity index (χ0) is 14.0. The molecular formula is C12H16O7. The van der Waals surface area contributed by atoms with Crippen LogP contribution in [0.2, 0.25) is 0 Å². The van der Waals surface area contributed by atoms with Crippen molar-refractivity contribution < 1.29 is 35.0 Å². The summed E-state index contributed by atoms with van der Waals surface area (Å²) < 4.78 is 10.4. The van der Waals surface area contributed by atoms with E-state index in [1.54, 1.807) is 12.1 Å². The van der Waals surface area contributed by atoms with Gasteiger partial charge in [0.1, 0.15) is 24.4 Å². The van der Waals surface area contributed by atoms with Crippen LogP contribution in [0.25, 0.3) is 0 Å². The van der Waals surface area contributed by atoms with E-state index in [1.165, 1.54) is 12.1 Å². The molecule has 0 amide bonds. The third-order valence-electron chi connectivity index (χ3n) is 2.96. The Morgan fingerprint density at radius 1 is 1.05 bits per heavy atom. The van der Waals surface area contributed by atoms with Gasteiger partial charge in [0.15, 0.2) is 11.5 Å². The number of aliphatic hydroxyl groups is 4. The molecule has 0 spiro atoms. The van der Waals surface area contributed by atoms with E-state index >= 15 is 0 Å². The molecule has 7 heteroatoms. The number of para-hydroxylation sites is 2. The van der Waals surface area contributed by atoms with Gasteiger partial charge in [-0.3, -0.25) is 0 Å². The van der Waals surface area contributed by atoms with Crippen LogP contribution >= 0.6 is 0 Å². The fraction of sp³-hybridized carbons (Fsp3) is 0.500. The van der Waals surface area contributed by atoms with Crippen molar-refractivity contribution in [3.8, 4) is 11.5 Å². The molecule has 1 aliphatic rings. The lowest BCUT2D eigenvalue weighted by Gasteiger charge is -2.39. The second kappa shape index (κ2) is 5.72. The van der Waals surface area contributed by atoms with Crippen molar-refractivity contribution in [3.63, 3.8) is 0 Å². The van der Waals surface area contributed by atoms with Crippen LogP contribution in [0.4, 0.5) is 0 Å². The van der Waals surface area contributed by atoms with Crippen molar-refractivity contribution in [1.82, 2.24) is 0 Å². The van der Waals surface area contributed by atoms with Gasteiger partial charge in [0.2, 0.25) is 6.29 Å². The Labute approximate surface area is 109 Å². The molecule has 2 rings (SSSR count). The van der Waals surface area contributed by atoms with Crippen LogP contribution in [-0.4, -0.2) is 62.8 Å². The van der Waals surface area contributed by atoms with Gasteiger partial charge in [-0.05, 0) is 12.1 Å². The number of phenolic OH excluding ortho intramolecular Hbond substituents is 1.